The van der Waals surface area contributed by atoms with Gasteiger partial charge in [-0.05, 0) is 40.0 Å². The van der Waals surface area contributed by atoms with Gasteiger partial charge in [0, 0.05) is 6.42 Å². The number of hydrogen-bond acceptors (Lipinski definition) is 10. The van der Waals surface area contributed by atoms with E-state index in [0.29, 0.717) is 0 Å². The summed E-state index contributed by atoms with van der Waals surface area (Å²) in [5.41, 5.74) is 0.951. The molecule has 1 aliphatic rings. The number of benzene rings is 4. The summed E-state index contributed by atoms with van der Waals surface area (Å²) in [5, 5.41) is 10.0. The van der Waals surface area contributed by atoms with Crippen molar-refractivity contribution in [1.29, 1.82) is 5.41 Å². The van der Waals surface area contributed by atoms with Crippen LogP contribution in [0, 0.1) is 5.41 Å². The maximum Gasteiger partial charge on any atom is 0.338 e. The Bertz CT molecular complexity index is 1910. The summed E-state index contributed by atoms with van der Waals surface area (Å²) in [4.78, 5) is 39.3. The molecule has 1 fully saturated rings. The van der Waals surface area contributed by atoms with E-state index >= 15 is 0 Å². The van der Waals surface area contributed by atoms with Crippen molar-refractivity contribution >= 4 is 77.1 Å². The molecule has 0 amide bonds. The molecular formula is C43H46Cl3NO9Si. The monoisotopic (exact) mass is 853 g/mol. The van der Waals surface area contributed by atoms with Crippen LogP contribution in [0.1, 0.15) is 56.5 Å². The third-order valence-corrected chi connectivity index (χ3v) is 15.0. The quantitative estimate of drug-likeness (QED) is 0.0420. The van der Waals surface area contributed by atoms with Crippen LogP contribution in [0.2, 0.25) is 5.04 Å². The fraction of sp³-hybridized carbons (Fsp3) is 0.349. The van der Waals surface area contributed by atoms with E-state index in [4.69, 9.17) is 68.3 Å². The maximum atomic E-state index is 13.7. The number of ether oxygens (including phenoxy) is 5. The molecule has 5 atom stereocenters. The fourth-order valence-electron chi connectivity index (χ4n) is 6.74. The molecule has 0 spiro atoms. The van der Waals surface area contributed by atoms with E-state index in [2.05, 4.69) is 20.8 Å². The first-order chi connectivity index (χ1) is 27.1. The largest absolute Gasteiger partial charge is 0.457 e. The lowest BCUT2D eigenvalue weighted by atomic mass is 9.97. The van der Waals surface area contributed by atoms with E-state index in [9.17, 15) is 14.4 Å². The van der Waals surface area contributed by atoms with Crippen molar-refractivity contribution in [1.82, 2.24) is 0 Å². The van der Waals surface area contributed by atoms with Crippen LogP contribution in [0.4, 0.5) is 0 Å². The highest BCUT2D eigenvalue weighted by Gasteiger charge is 2.56. The Labute approximate surface area is 349 Å². The third-order valence-electron chi connectivity index (χ3n) is 9.45. The minimum atomic E-state index is -3.24. The Kier molecular flexibility index (Phi) is 15.1. The maximum absolute atomic E-state index is 13.7. The molecule has 14 heteroatoms. The number of carbonyl (C=O) groups is 3. The zero-order valence-corrected chi connectivity index (χ0v) is 35.3. The molecule has 1 aliphatic heterocycles. The minimum absolute atomic E-state index is 0.0245. The summed E-state index contributed by atoms with van der Waals surface area (Å²) in [7, 11) is -3.24. The van der Waals surface area contributed by atoms with Gasteiger partial charge in [0.25, 0.3) is 12.1 Å². The number of halogens is 3. The van der Waals surface area contributed by atoms with E-state index in [-0.39, 0.29) is 37.4 Å². The van der Waals surface area contributed by atoms with E-state index in [1.54, 1.807) is 30.3 Å². The number of rotatable bonds is 15. The molecule has 0 saturated carbocycles. The van der Waals surface area contributed by atoms with Gasteiger partial charge in [-0.3, -0.25) is 10.2 Å². The van der Waals surface area contributed by atoms with Crippen molar-refractivity contribution in [2.45, 2.75) is 86.7 Å². The molecule has 0 radical (unpaired) electrons. The first-order valence-electron chi connectivity index (χ1n) is 18.4. The average Bonchev–Trinajstić information content (AvgIpc) is 3.19. The topological polar surface area (TPSA) is 130 Å². The van der Waals surface area contributed by atoms with E-state index in [1.165, 1.54) is 6.92 Å². The Morgan fingerprint density at radius 3 is 1.74 bits per heavy atom. The van der Waals surface area contributed by atoms with Gasteiger partial charge < -0.3 is 32.9 Å². The molecule has 1 unspecified atom stereocenters. The Morgan fingerprint density at radius 1 is 0.702 bits per heavy atom. The Balaban J connectivity index is 1.64. The second kappa shape index (κ2) is 19.6. The van der Waals surface area contributed by atoms with Crippen molar-refractivity contribution in [3.63, 3.8) is 0 Å². The van der Waals surface area contributed by atoms with Crippen LogP contribution >= 0.6 is 34.8 Å². The van der Waals surface area contributed by atoms with Crippen molar-refractivity contribution < 1.29 is 42.5 Å². The summed E-state index contributed by atoms with van der Waals surface area (Å²) in [6.45, 7) is 7.49. The molecule has 302 valence electrons. The van der Waals surface area contributed by atoms with Gasteiger partial charge in [0.15, 0.2) is 12.2 Å². The van der Waals surface area contributed by atoms with Crippen molar-refractivity contribution in [3.8, 4) is 0 Å². The Hall–Kier alpha value is -4.07. The normalized spacial score (nSPS) is 19.9. The van der Waals surface area contributed by atoms with Gasteiger partial charge in [-0.25, -0.2) is 4.79 Å². The van der Waals surface area contributed by atoms with Crippen molar-refractivity contribution in [2.75, 3.05) is 6.61 Å². The lowest BCUT2D eigenvalue weighted by Crippen LogP contribution is -2.69. The summed E-state index contributed by atoms with van der Waals surface area (Å²) in [6.07, 6.45) is -7.19. The van der Waals surface area contributed by atoms with Crippen LogP contribution < -0.4 is 10.4 Å². The zero-order chi connectivity index (χ0) is 41.2. The van der Waals surface area contributed by atoms with Gasteiger partial charge in [0.2, 0.25) is 12.2 Å². The highest BCUT2D eigenvalue weighted by Crippen LogP contribution is 2.39. The molecule has 1 heterocycles. The smallest absolute Gasteiger partial charge is 0.338 e. The standard InChI is InChI=1S/C43H46Cl3NO9Si/c1-29(48)25-26-35(49)54-36-34(28-52-57(42(2,3)4,32-21-13-7-14-22-32)33-23-15-8-16-24-33)53-40(56-41(47)43(44,45)46)38(55-39(50)31-19-11-6-12-20-31)37(36)51-27-30-17-9-5-10-18-30/h5-24,34,36-38,40,47H,25-28H2,1-4H3/t34-,36+,37-,38+,40?/m0/s1. The van der Waals surface area contributed by atoms with Crippen LogP contribution in [-0.2, 0) is 44.3 Å². The highest BCUT2D eigenvalue weighted by molar-refractivity contribution is 6.99. The number of nitrogens with one attached hydrogen (secondary N) is 1. The first kappa shape index (κ1) is 44.0. The first-order valence-corrected chi connectivity index (χ1v) is 21.5. The SMILES string of the molecule is CC(=O)CCC(=O)O[C@H]1[C@H](OCc2ccccc2)[C@@H](OC(=O)c2ccccc2)C(OC(=N)C(Cl)(Cl)Cl)O[C@H]1CO[Si](c1ccccc1)(c1ccccc1)C(C)(C)C. The van der Waals surface area contributed by atoms with Crippen LogP contribution in [0.3, 0.4) is 0 Å². The van der Waals surface area contributed by atoms with E-state index < -0.39 is 65.7 Å². The predicted octanol–water partition coefficient (Wildman–Crippen LogP) is 7.74. The summed E-state index contributed by atoms with van der Waals surface area (Å²) < 4.78 is 36.2. The number of esters is 2. The fourth-order valence-corrected chi connectivity index (χ4v) is 11.4. The molecule has 0 aliphatic carbocycles. The number of ketones is 1. The Morgan fingerprint density at radius 2 is 1.23 bits per heavy atom. The van der Waals surface area contributed by atoms with Gasteiger partial charge in [-0.2, -0.15) is 0 Å². The summed E-state index contributed by atoms with van der Waals surface area (Å²) in [5.74, 6) is -2.52. The van der Waals surface area contributed by atoms with Gasteiger partial charge >= 0.3 is 11.9 Å². The number of alkyl halides is 3. The average molecular weight is 855 g/mol. The molecule has 1 saturated heterocycles. The van der Waals surface area contributed by atoms with Gasteiger partial charge in [0.1, 0.15) is 18.0 Å². The predicted molar refractivity (Wildman–Crippen MR) is 222 cm³/mol. The van der Waals surface area contributed by atoms with Crippen LogP contribution in [0.15, 0.2) is 121 Å². The summed E-state index contributed by atoms with van der Waals surface area (Å²) >= 11 is 18.3. The molecule has 0 bridgehead atoms. The second-order valence-corrected chi connectivity index (χ2v) is 21.2. The van der Waals surface area contributed by atoms with Gasteiger partial charge in [0.05, 0.1) is 25.2 Å². The third kappa shape index (κ3) is 11.3. The minimum Gasteiger partial charge on any atom is -0.457 e. The van der Waals surface area contributed by atoms with E-state index in [1.807, 2.05) is 91.0 Å². The number of hydrogen-bond donors (Lipinski definition) is 1. The van der Waals surface area contributed by atoms with Gasteiger partial charge in [-0.15, -0.1) is 0 Å². The molecule has 4 aromatic rings. The molecule has 10 nitrogen and oxygen atoms in total. The van der Waals surface area contributed by atoms with Crippen molar-refractivity contribution in [2.24, 2.45) is 0 Å². The molecule has 57 heavy (non-hydrogen) atoms. The van der Waals surface area contributed by atoms with Crippen molar-refractivity contribution in [3.05, 3.63) is 132 Å². The molecular weight excluding hydrogens is 809 g/mol. The van der Waals surface area contributed by atoms with E-state index in [0.717, 1.165) is 15.9 Å². The summed E-state index contributed by atoms with van der Waals surface area (Å²) in [6, 6.07) is 37.2. The van der Waals surface area contributed by atoms with Crippen LogP contribution in [0.5, 0.6) is 0 Å². The molecule has 4 aromatic carbocycles. The molecule has 0 aromatic heterocycles. The highest BCUT2D eigenvalue weighted by atomic mass is 35.6. The van der Waals surface area contributed by atoms with Crippen LogP contribution in [0.25, 0.3) is 0 Å². The lowest BCUT2D eigenvalue weighted by molar-refractivity contribution is -0.293. The number of carbonyl (C=O) groups excluding carboxylic acids is 3. The molecule has 5 rings (SSSR count). The second-order valence-electron chi connectivity index (χ2n) is 14.6. The molecule has 1 N–H and O–H groups in total. The van der Waals surface area contributed by atoms with Crippen LogP contribution in [-0.4, -0.2) is 73.0 Å². The zero-order valence-electron chi connectivity index (χ0n) is 32.1. The lowest BCUT2D eigenvalue weighted by Gasteiger charge is -2.47. The van der Waals surface area contributed by atoms with Gasteiger partial charge in [-0.1, -0.05) is 165 Å². The number of Topliss-reactive ketones (excluding diaryl/α,β-unsaturated/α-hetero) is 1.